The molecule has 0 aliphatic rings. The summed E-state index contributed by atoms with van der Waals surface area (Å²) in [5, 5.41) is 12.4. The van der Waals surface area contributed by atoms with Crippen molar-refractivity contribution in [3.63, 3.8) is 0 Å². The van der Waals surface area contributed by atoms with Crippen LogP contribution in [0.15, 0.2) is 206 Å². The van der Waals surface area contributed by atoms with Gasteiger partial charge in [0.2, 0.25) is 0 Å². The maximum atomic E-state index is 5.20. The van der Waals surface area contributed by atoms with E-state index in [2.05, 4.69) is 187 Å². The summed E-state index contributed by atoms with van der Waals surface area (Å²) in [6.07, 6.45) is 0. The lowest BCUT2D eigenvalue weighted by molar-refractivity contribution is 1.07. The lowest BCUT2D eigenvalue weighted by atomic mass is 9.93. The van der Waals surface area contributed by atoms with Gasteiger partial charge in [0.1, 0.15) is 0 Å². The Kier molecular flexibility index (Phi) is 7.50. The molecular formula is C55H34N4. The third-order valence-electron chi connectivity index (χ3n) is 11.8. The van der Waals surface area contributed by atoms with Crippen LogP contribution in [0.25, 0.3) is 116 Å². The summed E-state index contributed by atoms with van der Waals surface area (Å²) in [6.45, 7) is 0. The number of hydrogen-bond donors (Lipinski definition) is 0. The number of rotatable bonds is 5. The monoisotopic (exact) mass is 750 g/mol. The van der Waals surface area contributed by atoms with Crippen molar-refractivity contribution in [2.45, 2.75) is 0 Å². The number of benzene rings is 10. The van der Waals surface area contributed by atoms with Gasteiger partial charge in [-0.2, -0.15) is 0 Å². The van der Waals surface area contributed by atoms with E-state index in [1.807, 2.05) is 24.3 Å². The zero-order valence-corrected chi connectivity index (χ0v) is 31.9. The average molecular weight is 751 g/mol. The SMILES string of the molecule is c1ccc(-c2ccc(-c3nc(-c4ccccc4)nc(-c4cccc(-n5c6c7ccccc7c7ccccc7c6c6c7ccccc7c7ccccc7c65)c4)n3)cc2)cc1. The van der Waals surface area contributed by atoms with E-state index in [0.717, 1.165) is 27.9 Å². The third-order valence-corrected chi connectivity index (χ3v) is 11.8. The van der Waals surface area contributed by atoms with Crippen molar-refractivity contribution >= 4 is 64.9 Å². The molecule has 2 aromatic heterocycles. The highest BCUT2D eigenvalue weighted by Gasteiger charge is 2.23. The smallest absolute Gasteiger partial charge is 0.164 e. The van der Waals surface area contributed by atoms with Crippen LogP contribution in [-0.2, 0) is 0 Å². The summed E-state index contributed by atoms with van der Waals surface area (Å²) in [5.41, 5.74) is 8.51. The van der Waals surface area contributed by atoms with E-state index in [9.17, 15) is 0 Å². The first kappa shape index (κ1) is 33.2. The summed E-state index contributed by atoms with van der Waals surface area (Å²) in [5.74, 6) is 1.88. The largest absolute Gasteiger partial charge is 0.308 e. The Balaban J connectivity index is 1.15. The van der Waals surface area contributed by atoms with Crippen LogP contribution in [0.5, 0.6) is 0 Å². The van der Waals surface area contributed by atoms with E-state index in [0.29, 0.717) is 17.5 Å². The molecule has 10 aromatic carbocycles. The van der Waals surface area contributed by atoms with E-state index in [4.69, 9.17) is 15.0 Å². The van der Waals surface area contributed by atoms with Crippen LogP contribution >= 0.6 is 0 Å². The van der Waals surface area contributed by atoms with Gasteiger partial charge in [0.05, 0.1) is 11.0 Å². The molecule has 0 amide bonds. The summed E-state index contributed by atoms with van der Waals surface area (Å²) >= 11 is 0. The van der Waals surface area contributed by atoms with Crippen LogP contribution < -0.4 is 0 Å². The van der Waals surface area contributed by atoms with Crippen molar-refractivity contribution in [1.29, 1.82) is 0 Å². The van der Waals surface area contributed by atoms with Gasteiger partial charge in [0.25, 0.3) is 0 Å². The molecule has 0 saturated carbocycles. The van der Waals surface area contributed by atoms with Crippen molar-refractivity contribution in [1.82, 2.24) is 19.5 Å². The highest BCUT2D eigenvalue weighted by Crippen LogP contribution is 2.47. The molecule has 0 N–H and O–H groups in total. The number of hydrogen-bond acceptors (Lipinski definition) is 3. The first-order valence-corrected chi connectivity index (χ1v) is 20.0. The lowest BCUT2D eigenvalue weighted by Gasteiger charge is -2.14. The Hall–Kier alpha value is -7.95. The van der Waals surface area contributed by atoms with Gasteiger partial charge >= 0.3 is 0 Å². The fourth-order valence-corrected chi connectivity index (χ4v) is 9.16. The van der Waals surface area contributed by atoms with Gasteiger partial charge in [-0.05, 0) is 55.6 Å². The standard InChI is InChI=1S/C55H34N4/c1-3-16-35(17-4-1)36-30-32-38(33-31-36)54-56-53(37-18-5-2-6-19-37)57-55(58-54)39-20-15-21-40(34-39)59-51-47-28-13-9-24-43(47)41-22-7-11-26-45(41)49(51)50-46-27-12-8-23-42(46)44-25-10-14-29-48(44)52(50)59/h1-34H. The van der Waals surface area contributed by atoms with Crippen LogP contribution in [0, 0.1) is 0 Å². The predicted octanol–water partition coefficient (Wildman–Crippen LogP) is 14.2. The molecule has 0 bridgehead atoms. The van der Waals surface area contributed by atoms with Crippen molar-refractivity contribution in [2.75, 3.05) is 0 Å². The Morgan fingerprint density at radius 1 is 0.254 bits per heavy atom. The average Bonchev–Trinajstić information content (AvgIpc) is 3.70. The summed E-state index contributed by atoms with van der Waals surface area (Å²) < 4.78 is 2.50. The molecular weight excluding hydrogens is 717 g/mol. The zero-order valence-electron chi connectivity index (χ0n) is 31.9. The molecule has 0 aliphatic heterocycles. The molecule has 59 heavy (non-hydrogen) atoms. The maximum Gasteiger partial charge on any atom is 0.164 e. The Morgan fingerprint density at radius 3 is 1.10 bits per heavy atom. The Morgan fingerprint density at radius 2 is 0.593 bits per heavy atom. The second kappa shape index (κ2) is 13.3. The maximum absolute atomic E-state index is 5.20. The van der Waals surface area contributed by atoms with Crippen LogP contribution in [0.4, 0.5) is 0 Å². The van der Waals surface area contributed by atoms with Gasteiger partial charge in [-0.15, -0.1) is 0 Å². The van der Waals surface area contributed by atoms with E-state index in [1.165, 1.54) is 70.5 Å². The van der Waals surface area contributed by atoms with E-state index < -0.39 is 0 Å². The molecule has 0 spiro atoms. The fraction of sp³-hybridized carbons (Fsp3) is 0. The molecule has 4 heteroatoms. The van der Waals surface area contributed by atoms with Crippen LogP contribution in [0.3, 0.4) is 0 Å². The van der Waals surface area contributed by atoms with Crippen molar-refractivity contribution in [2.24, 2.45) is 0 Å². The molecule has 4 nitrogen and oxygen atoms in total. The van der Waals surface area contributed by atoms with Gasteiger partial charge in [0, 0.05) is 43.9 Å². The summed E-state index contributed by atoms with van der Waals surface area (Å²) in [7, 11) is 0. The third kappa shape index (κ3) is 5.27. The summed E-state index contributed by atoms with van der Waals surface area (Å²) in [4.78, 5) is 15.4. The van der Waals surface area contributed by atoms with Gasteiger partial charge < -0.3 is 4.57 Å². The van der Waals surface area contributed by atoms with Gasteiger partial charge in [-0.1, -0.05) is 194 Å². The Labute approximate surface area is 340 Å². The van der Waals surface area contributed by atoms with Gasteiger partial charge in [0.15, 0.2) is 17.5 Å². The number of aromatic nitrogens is 4. The highest BCUT2D eigenvalue weighted by molar-refractivity contribution is 6.40. The lowest BCUT2D eigenvalue weighted by Crippen LogP contribution is -2.01. The van der Waals surface area contributed by atoms with Gasteiger partial charge in [-0.25, -0.2) is 15.0 Å². The van der Waals surface area contributed by atoms with Crippen molar-refractivity contribution in [3.8, 4) is 51.0 Å². The van der Waals surface area contributed by atoms with Crippen molar-refractivity contribution < 1.29 is 0 Å². The predicted molar refractivity (Wildman–Crippen MR) is 246 cm³/mol. The van der Waals surface area contributed by atoms with Gasteiger partial charge in [-0.3, -0.25) is 0 Å². The number of nitrogens with zero attached hydrogens (tertiary/aromatic N) is 4. The molecule has 12 rings (SSSR count). The van der Waals surface area contributed by atoms with Crippen molar-refractivity contribution in [3.05, 3.63) is 206 Å². The minimum Gasteiger partial charge on any atom is -0.308 e. The molecule has 0 saturated heterocycles. The molecule has 0 radical (unpaired) electrons. The molecule has 274 valence electrons. The first-order valence-electron chi connectivity index (χ1n) is 20.0. The molecule has 2 heterocycles. The van der Waals surface area contributed by atoms with Crippen LogP contribution in [-0.4, -0.2) is 19.5 Å². The number of fused-ring (bicyclic) bond motifs is 13. The molecule has 0 unspecified atom stereocenters. The van der Waals surface area contributed by atoms with E-state index >= 15 is 0 Å². The fourth-order valence-electron chi connectivity index (χ4n) is 9.16. The second-order valence-electron chi connectivity index (χ2n) is 15.1. The minimum atomic E-state index is 0.620. The topological polar surface area (TPSA) is 43.6 Å². The zero-order chi connectivity index (χ0) is 38.9. The van der Waals surface area contributed by atoms with Crippen LogP contribution in [0.2, 0.25) is 0 Å². The Bertz CT molecular complexity index is 3460. The van der Waals surface area contributed by atoms with Crippen LogP contribution in [0.1, 0.15) is 0 Å². The minimum absolute atomic E-state index is 0.620. The van der Waals surface area contributed by atoms with E-state index in [-0.39, 0.29) is 0 Å². The molecule has 12 aromatic rings. The quantitative estimate of drug-likeness (QED) is 0.165. The molecule has 0 aliphatic carbocycles. The normalized spacial score (nSPS) is 11.7. The van der Waals surface area contributed by atoms with E-state index in [1.54, 1.807) is 0 Å². The highest BCUT2D eigenvalue weighted by atomic mass is 15.0. The molecule has 0 atom stereocenters. The first-order chi connectivity index (χ1) is 29.3. The second-order valence-corrected chi connectivity index (χ2v) is 15.1. The summed E-state index contributed by atoms with van der Waals surface area (Å²) in [6, 6.07) is 73.3. The molecule has 0 fully saturated rings.